The molecule has 8 nitrogen and oxygen atoms in total. The van der Waals surface area contributed by atoms with Crippen LogP contribution >= 0.6 is 15.9 Å². The van der Waals surface area contributed by atoms with Crippen molar-refractivity contribution in [2.24, 2.45) is 0 Å². The van der Waals surface area contributed by atoms with Gasteiger partial charge in [-0.1, -0.05) is 15.9 Å². The first-order chi connectivity index (χ1) is 15.4. The van der Waals surface area contributed by atoms with E-state index in [2.05, 4.69) is 25.9 Å². The van der Waals surface area contributed by atoms with E-state index in [9.17, 15) is 14.3 Å². The Morgan fingerprint density at radius 2 is 1.91 bits per heavy atom. The second-order valence-electron chi connectivity index (χ2n) is 7.23. The van der Waals surface area contributed by atoms with E-state index in [1.165, 1.54) is 17.0 Å². The van der Waals surface area contributed by atoms with Crippen molar-refractivity contribution in [3.05, 3.63) is 64.5 Å². The number of pyridine rings is 2. The molecule has 0 saturated carbocycles. The Morgan fingerprint density at radius 1 is 1.12 bits per heavy atom. The van der Waals surface area contributed by atoms with Crippen molar-refractivity contribution in [1.82, 2.24) is 14.9 Å². The average Bonchev–Trinajstić information content (AvgIpc) is 2.79. The van der Waals surface area contributed by atoms with E-state index in [-0.39, 0.29) is 12.5 Å². The number of carbonyl (C=O) groups is 1. The number of carboxylic acid groups (broad SMARTS) is 1. The van der Waals surface area contributed by atoms with Crippen LogP contribution in [0.3, 0.4) is 0 Å². The average molecular weight is 503 g/mol. The standard InChI is InChI=1S/C22H20BrFN4O4/c23-16-9-15(10-17(24)11-16)19-7-14(13-29)8-21(26-19)32-18-1-2-20(25-12-18)27-3-5-28(6-4-27)22(30)31/h1-2,7-12,29H,3-6,13H2,(H,30,31). The molecule has 0 aliphatic carbocycles. The molecule has 32 heavy (non-hydrogen) atoms. The van der Waals surface area contributed by atoms with Gasteiger partial charge < -0.3 is 24.7 Å². The summed E-state index contributed by atoms with van der Waals surface area (Å²) in [5, 5.41) is 18.7. The first-order valence-electron chi connectivity index (χ1n) is 9.86. The zero-order valence-electron chi connectivity index (χ0n) is 16.9. The van der Waals surface area contributed by atoms with Crippen LogP contribution in [-0.2, 0) is 6.61 Å². The Kier molecular flexibility index (Phi) is 6.52. The van der Waals surface area contributed by atoms with Crippen LogP contribution in [0.25, 0.3) is 11.3 Å². The van der Waals surface area contributed by atoms with Crippen LogP contribution in [0.1, 0.15) is 5.56 Å². The van der Waals surface area contributed by atoms with Gasteiger partial charge in [0.2, 0.25) is 5.88 Å². The van der Waals surface area contributed by atoms with E-state index in [1.807, 2.05) is 4.90 Å². The van der Waals surface area contributed by atoms with Crippen molar-refractivity contribution in [2.75, 3.05) is 31.1 Å². The highest BCUT2D eigenvalue weighted by Crippen LogP contribution is 2.29. The summed E-state index contributed by atoms with van der Waals surface area (Å²) >= 11 is 3.28. The van der Waals surface area contributed by atoms with E-state index in [0.29, 0.717) is 53.2 Å². The molecule has 1 aliphatic heterocycles. The Hall–Kier alpha value is -3.24. The quantitative estimate of drug-likeness (QED) is 0.540. The summed E-state index contributed by atoms with van der Waals surface area (Å²) in [6.45, 7) is 1.75. The van der Waals surface area contributed by atoms with E-state index in [4.69, 9.17) is 9.84 Å². The van der Waals surface area contributed by atoms with Gasteiger partial charge >= 0.3 is 6.09 Å². The molecule has 4 rings (SSSR count). The largest absolute Gasteiger partial charge is 0.465 e. The lowest BCUT2D eigenvalue weighted by Crippen LogP contribution is -2.48. The number of benzene rings is 1. The summed E-state index contributed by atoms with van der Waals surface area (Å²) in [6.07, 6.45) is 0.647. The van der Waals surface area contributed by atoms with Gasteiger partial charge in [-0.3, -0.25) is 0 Å². The molecule has 1 fully saturated rings. The molecule has 1 aromatic carbocycles. The topological polar surface area (TPSA) is 99.0 Å². The van der Waals surface area contributed by atoms with Crippen LogP contribution in [0.15, 0.2) is 53.1 Å². The number of aromatic nitrogens is 2. The molecule has 3 heterocycles. The number of nitrogens with zero attached hydrogens (tertiary/aromatic N) is 4. The van der Waals surface area contributed by atoms with Crippen LogP contribution in [0.2, 0.25) is 0 Å². The zero-order chi connectivity index (χ0) is 22.7. The number of piperazine rings is 1. The fourth-order valence-corrected chi connectivity index (χ4v) is 3.89. The van der Waals surface area contributed by atoms with Gasteiger partial charge in [0.15, 0.2) is 0 Å². The third-order valence-corrected chi connectivity index (χ3v) is 5.48. The molecule has 2 N–H and O–H groups in total. The van der Waals surface area contributed by atoms with E-state index in [0.717, 1.165) is 5.82 Å². The molecular weight excluding hydrogens is 483 g/mol. The lowest BCUT2D eigenvalue weighted by atomic mass is 10.1. The molecule has 0 spiro atoms. The van der Waals surface area contributed by atoms with Crippen molar-refractivity contribution < 1.29 is 24.1 Å². The van der Waals surface area contributed by atoms with Crippen molar-refractivity contribution in [1.29, 1.82) is 0 Å². The van der Waals surface area contributed by atoms with Gasteiger partial charge in [-0.2, -0.15) is 0 Å². The van der Waals surface area contributed by atoms with Gasteiger partial charge in [0.05, 0.1) is 18.5 Å². The first kappa shape index (κ1) is 22.0. The highest BCUT2D eigenvalue weighted by molar-refractivity contribution is 9.10. The molecule has 1 saturated heterocycles. The minimum absolute atomic E-state index is 0.220. The number of aliphatic hydroxyl groups excluding tert-OH is 1. The second kappa shape index (κ2) is 9.49. The molecule has 0 atom stereocenters. The summed E-state index contributed by atoms with van der Waals surface area (Å²) in [5.74, 6) is 1.02. The first-order valence-corrected chi connectivity index (χ1v) is 10.7. The number of hydrogen-bond acceptors (Lipinski definition) is 6. The van der Waals surface area contributed by atoms with Gasteiger partial charge in [0.25, 0.3) is 0 Å². The predicted molar refractivity (Wildman–Crippen MR) is 119 cm³/mol. The minimum atomic E-state index is -0.913. The molecule has 0 bridgehead atoms. The van der Waals surface area contributed by atoms with Gasteiger partial charge in [0.1, 0.15) is 17.4 Å². The zero-order valence-corrected chi connectivity index (χ0v) is 18.5. The van der Waals surface area contributed by atoms with Gasteiger partial charge in [-0.25, -0.2) is 19.2 Å². The molecule has 2 aromatic heterocycles. The Bertz CT molecular complexity index is 1100. The fourth-order valence-electron chi connectivity index (χ4n) is 3.42. The maximum Gasteiger partial charge on any atom is 0.407 e. The summed E-state index contributed by atoms with van der Waals surface area (Å²) in [4.78, 5) is 23.3. The lowest BCUT2D eigenvalue weighted by molar-refractivity contribution is 0.142. The van der Waals surface area contributed by atoms with E-state index in [1.54, 1.807) is 36.5 Å². The van der Waals surface area contributed by atoms with Gasteiger partial charge in [-0.15, -0.1) is 0 Å². The molecule has 0 radical (unpaired) electrons. The smallest absolute Gasteiger partial charge is 0.407 e. The monoisotopic (exact) mass is 502 g/mol. The number of hydrogen-bond donors (Lipinski definition) is 2. The number of amides is 1. The van der Waals surface area contributed by atoms with Crippen molar-refractivity contribution >= 4 is 27.8 Å². The summed E-state index contributed by atoms with van der Waals surface area (Å²) in [6, 6.07) is 11.3. The van der Waals surface area contributed by atoms with Crippen molar-refractivity contribution in [3.8, 4) is 22.9 Å². The number of ether oxygens (including phenoxy) is 1. The van der Waals surface area contributed by atoms with Crippen LogP contribution in [0.5, 0.6) is 11.6 Å². The summed E-state index contributed by atoms with van der Waals surface area (Å²) in [5.41, 5.74) is 1.59. The normalized spacial score (nSPS) is 13.8. The molecule has 1 amide bonds. The molecule has 166 valence electrons. The molecule has 3 aromatic rings. The van der Waals surface area contributed by atoms with Crippen LogP contribution in [0, 0.1) is 5.82 Å². The fraction of sp³-hybridized carbons (Fsp3) is 0.227. The van der Waals surface area contributed by atoms with Crippen LogP contribution in [-0.4, -0.2) is 57.4 Å². The van der Waals surface area contributed by atoms with Crippen molar-refractivity contribution in [2.45, 2.75) is 6.61 Å². The predicted octanol–water partition coefficient (Wildman–Crippen LogP) is 4.13. The number of rotatable bonds is 5. The van der Waals surface area contributed by atoms with E-state index >= 15 is 0 Å². The molecule has 1 aliphatic rings. The third kappa shape index (κ3) is 5.14. The Labute approximate surface area is 192 Å². The Balaban J connectivity index is 1.51. The van der Waals surface area contributed by atoms with Gasteiger partial charge in [0, 0.05) is 42.3 Å². The van der Waals surface area contributed by atoms with Gasteiger partial charge in [-0.05, 0) is 42.0 Å². The van der Waals surface area contributed by atoms with Crippen molar-refractivity contribution in [3.63, 3.8) is 0 Å². The number of aliphatic hydroxyl groups is 1. The highest BCUT2D eigenvalue weighted by atomic mass is 79.9. The Morgan fingerprint density at radius 3 is 2.53 bits per heavy atom. The SMILES string of the molecule is O=C(O)N1CCN(c2ccc(Oc3cc(CO)cc(-c4cc(F)cc(Br)c4)n3)cn2)CC1. The van der Waals surface area contributed by atoms with Crippen LogP contribution < -0.4 is 9.64 Å². The summed E-state index contributed by atoms with van der Waals surface area (Å²) in [7, 11) is 0. The maximum atomic E-state index is 13.8. The summed E-state index contributed by atoms with van der Waals surface area (Å²) < 4.78 is 20.2. The number of halogens is 2. The lowest BCUT2D eigenvalue weighted by Gasteiger charge is -2.33. The molecular formula is C22H20BrFN4O4. The molecule has 10 heteroatoms. The third-order valence-electron chi connectivity index (χ3n) is 5.02. The number of anilines is 1. The highest BCUT2D eigenvalue weighted by Gasteiger charge is 2.21. The van der Waals surface area contributed by atoms with E-state index < -0.39 is 11.9 Å². The maximum absolute atomic E-state index is 13.8. The minimum Gasteiger partial charge on any atom is -0.465 e. The molecule has 0 unspecified atom stereocenters. The van der Waals surface area contributed by atoms with Crippen LogP contribution in [0.4, 0.5) is 15.0 Å². The second-order valence-corrected chi connectivity index (χ2v) is 8.14.